The lowest BCUT2D eigenvalue weighted by Crippen LogP contribution is -2.44. The second-order valence-corrected chi connectivity index (χ2v) is 9.19. The van der Waals surface area contributed by atoms with Gasteiger partial charge in [-0.25, -0.2) is 4.98 Å². The standard InChI is InChI=1S/C17H21F3N2O2S/c1-16(2)6-5-8-11(7-16)25-15(21-8)22-14(23)12-9-3-4-10(24-9)13(12)17(18,19)20/h9-10,12-13H,3-7H2,1-2H3,(H,21,22,23). The van der Waals surface area contributed by atoms with E-state index < -0.39 is 36.1 Å². The summed E-state index contributed by atoms with van der Waals surface area (Å²) in [7, 11) is 0. The molecule has 3 aliphatic rings. The van der Waals surface area contributed by atoms with Crippen LogP contribution in [0, 0.1) is 17.3 Å². The first kappa shape index (κ1) is 17.3. The molecule has 2 bridgehead atoms. The average Bonchev–Trinajstić information content (AvgIpc) is 3.17. The SMILES string of the molecule is CC1(C)CCc2nc(NC(=O)C3C4CCC(O4)C3C(F)(F)F)sc2C1. The quantitative estimate of drug-likeness (QED) is 0.853. The Bertz CT molecular complexity index is 701. The molecule has 1 aromatic heterocycles. The third-order valence-electron chi connectivity index (χ3n) is 5.64. The van der Waals surface area contributed by atoms with Crippen LogP contribution < -0.4 is 5.32 Å². The third-order valence-corrected chi connectivity index (χ3v) is 6.65. The summed E-state index contributed by atoms with van der Waals surface area (Å²) in [6.45, 7) is 4.38. The van der Waals surface area contributed by atoms with Gasteiger partial charge in [-0.1, -0.05) is 13.8 Å². The molecule has 0 aromatic carbocycles. The van der Waals surface area contributed by atoms with Crippen molar-refractivity contribution in [3.8, 4) is 0 Å². The molecule has 4 rings (SSSR count). The maximum Gasteiger partial charge on any atom is 0.395 e. The molecule has 138 valence electrons. The van der Waals surface area contributed by atoms with Gasteiger partial charge >= 0.3 is 6.18 Å². The summed E-state index contributed by atoms with van der Waals surface area (Å²) in [5.74, 6) is -3.49. The molecule has 2 aliphatic heterocycles. The highest BCUT2D eigenvalue weighted by Crippen LogP contribution is 2.51. The van der Waals surface area contributed by atoms with Gasteiger partial charge in [-0.15, -0.1) is 11.3 Å². The molecule has 2 saturated heterocycles. The topological polar surface area (TPSA) is 51.2 Å². The maximum absolute atomic E-state index is 13.4. The first-order valence-corrected chi connectivity index (χ1v) is 9.47. The van der Waals surface area contributed by atoms with Gasteiger partial charge in [0, 0.05) is 4.88 Å². The van der Waals surface area contributed by atoms with E-state index in [-0.39, 0.29) is 5.41 Å². The van der Waals surface area contributed by atoms with Crippen LogP contribution in [0.1, 0.15) is 43.7 Å². The van der Waals surface area contributed by atoms with Gasteiger partial charge < -0.3 is 10.1 Å². The highest BCUT2D eigenvalue weighted by Gasteiger charge is 2.62. The average molecular weight is 374 g/mol. The Labute approximate surface area is 148 Å². The number of rotatable bonds is 2. The van der Waals surface area contributed by atoms with Crippen LogP contribution in [0.4, 0.5) is 18.3 Å². The second kappa shape index (κ2) is 5.67. The molecular weight excluding hydrogens is 353 g/mol. The summed E-state index contributed by atoms with van der Waals surface area (Å²) in [5.41, 5.74) is 1.16. The van der Waals surface area contributed by atoms with Gasteiger partial charge in [-0.05, 0) is 37.5 Å². The summed E-state index contributed by atoms with van der Waals surface area (Å²) in [6.07, 6.45) is -2.30. The predicted octanol–water partition coefficient (Wildman–Crippen LogP) is 3.95. The Morgan fingerprint density at radius 2 is 2.04 bits per heavy atom. The van der Waals surface area contributed by atoms with Gasteiger partial charge in [0.2, 0.25) is 5.91 Å². The van der Waals surface area contributed by atoms with E-state index in [1.165, 1.54) is 11.3 Å². The van der Waals surface area contributed by atoms with E-state index in [9.17, 15) is 18.0 Å². The van der Waals surface area contributed by atoms with E-state index >= 15 is 0 Å². The number of hydrogen-bond donors (Lipinski definition) is 1. The van der Waals surface area contributed by atoms with Crippen LogP contribution in [0.2, 0.25) is 0 Å². The molecule has 4 nitrogen and oxygen atoms in total. The maximum atomic E-state index is 13.4. The van der Waals surface area contributed by atoms with Crippen LogP contribution >= 0.6 is 11.3 Å². The molecule has 0 spiro atoms. The Kier molecular flexibility index (Phi) is 3.92. The second-order valence-electron chi connectivity index (χ2n) is 8.10. The van der Waals surface area contributed by atoms with Crippen molar-refractivity contribution in [3.05, 3.63) is 10.6 Å². The zero-order chi connectivity index (χ0) is 18.0. The van der Waals surface area contributed by atoms with Gasteiger partial charge in [0.15, 0.2) is 5.13 Å². The van der Waals surface area contributed by atoms with Crippen molar-refractivity contribution in [1.82, 2.24) is 4.98 Å². The number of hydrogen-bond acceptors (Lipinski definition) is 4. The van der Waals surface area contributed by atoms with Crippen molar-refractivity contribution in [2.45, 2.75) is 64.3 Å². The fourth-order valence-electron chi connectivity index (χ4n) is 4.37. The number of thiazole rings is 1. The minimum Gasteiger partial charge on any atom is -0.373 e. The number of aryl methyl sites for hydroxylation is 1. The zero-order valence-electron chi connectivity index (χ0n) is 14.2. The number of anilines is 1. The summed E-state index contributed by atoms with van der Waals surface area (Å²) >= 11 is 1.39. The number of nitrogens with one attached hydrogen (secondary N) is 1. The first-order valence-electron chi connectivity index (χ1n) is 8.66. The lowest BCUT2D eigenvalue weighted by atomic mass is 9.78. The first-order chi connectivity index (χ1) is 11.6. The number of fused-ring (bicyclic) bond motifs is 3. The molecular formula is C17H21F3N2O2S. The van der Waals surface area contributed by atoms with Crippen LogP contribution in [0.15, 0.2) is 0 Å². The van der Waals surface area contributed by atoms with E-state index in [0.717, 1.165) is 29.8 Å². The van der Waals surface area contributed by atoms with Crippen LogP contribution in [0.25, 0.3) is 0 Å². The van der Waals surface area contributed by atoms with Gasteiger partial charge in [0.25, 0.3) is 0 Å². The highest BCUT2D eigenvalue weighted by molar-refractivity contribution is 7.15. The minimum absolute atomic E-state index is 0.195. The highest BCUT2D eigenvalue weighted by atomic mass is 32.1. The number of carbonyl (C=O) groups excluding carboxylic acids is 1. The summed E-state index contributed by atoms with van der Waals surface area (Å²) < 4.78 is 45.5. The third kappa shape index (κ3) is 3.07. The zero-order valence-corrected chi connectivity index (χ0v) is 15.0. The van der Waals surface area contributed by atoms with Crippen molar-refractivity contribution in [1.29, 1.82) is 0 Å². The van der Waals surface area contributed by atoms with Crippen molar-refractivity contribution in [2.24, 2.45) is 17.3 Å². The van der Waals surface area contributed by atoms with Crippen molar-refractivity contribution < 1.29 is 22.7 Å². The molecule has 4 atom stereocenters. The van der Waals surface area contributed by atoms with E-state index in [1.54, 1.807) is 0 Å². The summed E-state index contributed by atoms with van der Waals surface area (Å²) in [6, 6.07) is 0. The summed E-state index contributed by atoms with van der Waals surface area (Å²) in [4.78, 5) is 18.1. The number of carbonyl (C=O) groups is 1. The van der Waals surface area contributed by atoms with Gasteiger partial charge in [-0.2, -0.15) is 13.2 Å². The molecule has 0 radical (unpaired) electrons. The largest absolute Gasteiger partial charge is 0.395 e. The lowest BCUT2D eigenvalue weighted by Gasteiger charge is -2.28. The molecule has 2 fully saturated rings. The number of ether oxygens (including phenoxy) is 1. The molecule has 1 amide bonds. The van der Waals surface area contributed by atoms with Crippen LogP contribution in [-0.4, -0.2) is 29.3 Å². The summed E-state index contributed by atoms with van der Waals surface area (Å²) in [5, 5.41) is 3.06. The van der Waals surface area contributed by atoms with E-state index in [0.29, 0.717) is 18.0 Å². The van der Waals surface area contributed by atoms with Gasteiger partial charge in [-0.3, -0.25) is 4.79 Å². The molecule has 3 heterocycles. The van der Waals surface area contributed by atoms with Crippen LogP contribution in [0.3, 0.4) is 0 Å². The molecule has 8 heteroatoms. The predicted molar refractivity (Wildman–Crippen MR) is 87.5 cm³/mol. The van der Waals surface area contributed by atoms with Crippen LogP contribution in [-0.2, 0) is 22.4 Å². The van der Waals surface area contributed by atoms with Crippen molar-refractivity contribution in [3.63, 3.8) is 0 Å². The number of halogens is 3. The van der Waals surface area contributed by atoms with E-state index in [2.05, 4.69) is 24.1 Å². The molecule has 0 saturated carbocycles. The number of nitrogens with zero attached hydrogens (tertiary/aromatic N) is 1. The number of amides is 1. The Hall–Kier alpha value is -1.15. The van der Waals surface area contributed by atoms with E-state index in [4.69, 9.17) is 4.74 Å². The normalized spacial score (nSPS) is 33.3. The van der Waals surface area contributed by atoms with Crippen LogP contribution in [0.5, 0.6) is 0 Å². The molecule has 1 N–H and O–H groups in total. The van der Waals surface area contributed by atoms with Crippen molar-refractivity contribution >= 4 is 22.4 Å². The lowest BCUT2D eigenvalue weighted by molar-refractivity contribution is -0.196. The Morgan fingerprint density at radius 1 is 1.32 bits per heavy atom. The van der Waals surface area contributed by atoms with Gasteiger partial charge in [0.05, 0.1) is 29.7 Å². The number of alkyl halides is 3. The Balaban J connectivity index is 1.52. The molecule has 4 unspecified atom stereocenters. The van der Waals surface area contributed by atoms with Crippen molar-refractivity contribution in [2.75, 3.05) is 5.32 Å². The monoisotopic (exact) mass is 374 g/mol. The Morgan fingerprint density at radius 3 is 2.76 bits per heavy atom. The van der Waals surface area contributed by atoms with E-state index in [1.807, 2.05) is 0 Å². The fourth-order valence-corrected chi connectivity index (χ4v) is 5.63. The van der Waals surface area contributed by atoms with Gasteiger partial charge in [0.1, 0.15) is 0 Å². The minimum atomic E-state index is -4.42. The fraction of sp³-hybridized carbons (Fsp3) is 0.765. The molecule has 1 aromatic rings. The smallest absolute Gasteiger partial charge is 0.373 e. The molecule has 25 heavy (non-hydrogen) atoms. The number of aromatic nitrogens is 1. The molecule has 1 aliphatic carbocycles.